The molecule has 1 unspecified atom stereocenters. The highest BCUT2D eigenvalue weighted by atomic mass is 16.5. The van der Waals surface area contributed by atoms with E-state index in [-0.39, 0.29) is 5.91 Å². The fourth-order valence-corrected chi connectivity index (χ4v) is 1.89. The number of rotatable bonds is 2. The van der Waals surface area contributed by atoms with E-state index in [1.54, 1.807) is 4.90 Å². The average molecular weight is 211 g/mol. The number of carbonyl (C=O) groups is 2. The lowest BCUT2D eigenvalue weighted by Crippen LogP contribution is -2.30. The smallest absolute Gasteiger partial charge is 0.308 e. The molecule has 1 N–H and O–H groups in total. The number of carboxylic acid groups (broad SMARTS) is 1. The van der Waals surface area contributed by atoms with E-state index in [0.717, 1.165) is 0 Å². The van der Waals surface area contributed by atoms with Gasteiger partial charge in [0.25, 0.3) is 5.91 Å². The first-order valence-electron chi connectivity index (χ1n) is 5.01. The van der Waals surface area contributed by atoms with E-state index in [0.29, 0.717) is 38.1 Å². The average Bonchev–Trinajstić information content (AvgIpc) is 2.88. The van der Waals surface area contributed by atoms with Gasteiger partial charge in [-0.05, 0) is 6.42 Å². The van der Waals surface area contributed by atoms with Gasteiger partial charge in [-0.3, -0.25) is 9.59 Å². The number of carboxylic acids is 1. The standard InChI is InChI=1S/C10H13NO4/c12-9(8-2-4-15-6-8)11-3-1-7(5-11)10(13)14/h6-7H,1-5H2,(H,13,14). The molecule has 5 nitrogen and oxygen atoms in total. The number of carbonyl (C=O) groups excluding carboxylic acids is 1. The molecule has 5 heteroatoms. The maximum Gasteiger partial charge on any atom is 0.308 e. The largest absolute Gasteiger partial charge is 0.500 e. The molecule has 0 spiro atoms. The summed E-state index contributed by atoms with van der Waals surface area (Å²) in [5.74, 6) is -1.30. The van der Waals surface area contributed by atoms with Crippen molar-refractivity contribution in [3.05, 3.63) is 11.8 Å². The van der Waals surface area contributed by atoms with Crippen LogP contribution < -0.4 is 0 Å². The molecule has 0 aliphatic carbocycles. The SMILES string of the molecule is O=C(O)C1CCN(C(=O)C2=COCC2)C1. The molecule has 0 radical (unpaired) electrons. The topological polar surface area (TPSA) is 66.8 Å². The van der Waals surface area contributed by atoms with E-state index < -0.39 is 11.9 Å². The van der Waals surface area contributed by atoms with E-state index >= 15 is 0 Å². The number of likely N-dealkylation sites (tertiary alicyclic amines) is 1. The molecule has 15 heavy (non-hydrogen) atoms. The fourth-order valence-electron chi connectivity index (χ4n) is 1.89. The summed E-state index contributed by atoms with van der Waals surface area (Å²) < 4.78 is 4.99. The van der Waals surface area contributed by atoms with Crippen LogP contribution in [0, 0.1) is 5.92 Å². The fraction of sp³-hybridized carbons (Fsp3) is 0.600. The van der Waals surface area contributed by atoms with Crippen LogP contribution in [-0.2, 0) is 14.3 Å². The van der Waals surface area contributed by atoms with Crippen LogP contribution in [0.5, 0.6) is 0 Å². The van der Waals surface area contributed by atoms with Crippen LogP contribution in [0.15, 0.2) is 11.8 Å². The molecule has 0 aromatic heterocycles. The van der Waals surface area contributed by atoms with Gasteiger partial charge in [0.15, 0.2) is 0 Å². The Morgan fingerprint density at radius 1 is 1.53 bits per heavy atom. The van der Waals surface area contributed by atoms with Gasteiger partial charge in [-0.25, -0.2) is 0 Å². The summed E-state index contributed by atoms with van der Waals surface area (Å²) in [7, 11) is 0. The van der Waals surface area contributed by atoms with E-state index in [4.69, 9.17) is 9.84 Å². The van der Waals surface area contributed by atoms with Crippen LogP contribution in [-0.4, -0.2) is 41.6 Å². The summed E-state index contributed by atoms with van der Waals surface area (Å²) in [6.45, 7) is 1.41. The molecular weight excluding hydrogens is 198 g/mol. The molecule has 2 rings (SSSR count). The number of amides is 1. The Morgan fingerprint density at radius 3 is 2.87 bits per heavy atom. The second kappa shape index (κ2) is 3.92. The third-order valence-electron chi connectivity index (χ3n) is 2.81. The van der Waals surface area contributed by atoms with Crippen molar-refractivity contribution < 1.29 is 19.4 Å². The van der Waals surface area contributed by atoms with Crippen molar-refractivity contribution in [2.45, 2.75) is 12.8 Å². The molecule has 0 bridgehead atoms. The van der Waals surface area contributed by atoms with E-state index in [1.807, 2.05) is 0 Å². The van der Waals surface area contributed by atoms with Gasteiger partial charge in [0.2, 0.25) is 0 Å². The van der Waals surface area contributed by atoms with Crippen molar-refractivity contribution >= 4 is 11.9 Å². The highest BCUT2D eigenvalue weighted by Crippen LogP contribution is 2.21. The quantitative estimate of drug-likeness (QED) is 0.709. The molecule has 0 aromatic rings. The Labute approximate surface area is 87.3 Å². The van der Waals surface area contributed by atoms with Crippen molar-refractivity contribution in [3.8, 4) is 0 Å². The number of hydrogen-bond donors (Lipinski definition) is 1. The first-order valence-corrected chi connectivity index (χ1v) is 5.01. The second-order valence-electron chi connectivity index (χ2n) is 3.84. The van der Waals surface area contributed by atoms with Gasteiger partial charge in [0.05, 0.1) is 24.4 Å². The highest BCUT2D eigenvalue weighted by molar-refractivity contribution is 5.94. The Morgan fingerprint density at radius 2 is 2.33 bits per heavy atom. The van der Waals surface area contributed by atoms with Crippen LogP contribution in [0.3, 0.4) is 0 Å². The Bertz CT molecular complexity index is 323. The molecule has 0 aromatic carbocycles. The molecule has 1 saturated heterocycles. The van der Waals surface area contributed by atoms with Crippen molar-refractivity contribution in [1.82, 2.24) is 4.90 Å². The molecule has 2 aliphatic rings. The predicted octanol–water partition coefficient (Wildman–Crippen LogP) is 0.224. The van der Waals surface area contributed by atoms with Crippen LogP contribution in [0.25, 0.3) is 0 Å². The van der Waals surface area contributed by atoms with E-state index in [9.17, 15) is 9.59 Å². The Hall–Kier alpha value is -1.52. The first kappa shape index (κ1) is 10.0. The first-order chi connectivity index (χ1) is 7.18. The third kappa shape index (κ3) is 1.95. The second-order valence-corrected chi connectivity index (χ2v) is 3.84. The summed E-state index contributed by atoms with van der Waals surface area (Å²) >= 11 is 0. The molecule has 1 amide bonds. The van der Waals surface area contributed by atoms with Gasteiger partial charge in [0.1, 0.15) is 0 Å². The molecule has 2 aliphatic heterocycles. The lowest BCUT2D eigenvalue weighted by Gasteiger charge is -2.15. The summed E-state index contributed by atoms with van der Waals surface area (Å²) in [5, 5.41) is 8.80. The van der Waals surface area contributed by atoms with Crippen molar-refractivity contribution in [2.75, 3.05) is 19.7 Å². The van der Waals surface area contributed by atoms with E-state index in [1.165, 1.54) is 6.26 Å². The number of ether oxygens (including phenoxy) is 1. The highest BCUT2D eigenvalue weighted by Gasteiger charge is 2.32. The van der Waals surface area contributed by atoms with Crippen molar-refractivity contribution in [3.63, 3.8) is 0 Å². The maximum atomic E-state index is 11.8. The predicted molar refractivity (Wildman–Crippen MR) is 51.0 cm³/mol. The Balaban J connectivity index is 1.95. The van der Waals surface area contributed by atoms with Crippen LogP contribution in [0.4, 0.5) is 0 Å². The van der Waals surface area contributed by atoms with E-state index in [2.05, 4.69) is 0 Å². The number of nitrogens with zero attached hydrogens (tertiary/aromatic N) is 1. The zero-order valence-corrected chi connectivity index (χ0v) is 8.31. The van der Waals surface area contributed by atoms with Crippen LogP contribution in [0.1, 0.15) is 12.8 Å². The molecular formula is C10H13NO4. The van der Waals surface area contributed by atoms with Crippen molar-refractivity contribution in [1.29, 1.82) is 0 Å². The number of hydrogen-bond acceptors (Lipinski definition) is 3. The lowest BCUT2D eigenvalue weighted by atomic mass is 10.1. The van der Waals surface area contributed by atoms with Crippen molar-refractivity contribution in [2.24, 2.45) is 5.92 Å². The van der Waals surface area contributed by atoms with Gasteiger partial charge in [-0.1, -0.05) is 0 Å². The summed E-state index contributed by atoms with van der Waals surface area (Å²) in [6, 6.07) is 0. The molecule has 0 saturated carbocycles. The molecule has 1 atom stereocenters. The summed E-state index contributed by atoms with van der Waals surface area (Å²) in [4.78, 5) is 24.1. The number of aliphatic carboxylic acids is 1. The zero-order chi connectivity index (χ0) is 10.8. The van der Waals surface area contributed by atoms with Gasteiger partial charge in [0, 0.05) is 19.5 Å². The lowest BCUT2D eigenvalue weighted by molar-refractivity contribution is -0.141. The zero-order valence-electron chi connectivity index (χ0n) is 8.31. The van der Waals surface area contributed by atoms with Gasteiger partial charge < -0.3 is 14.7 Å². The van der Waals surface area contributed by atoms with Crippen LogP contribution >= 0.6 is 0 Å². The molecule has 1 fully saturated rings. The summed E-state index contributed by atoms with van der Waals surface area (Å²) in [6.07, 6.45) is 2.67. The van der Waals surface area contributed by atoms with Gasteiger partial charge in [-0.2, -0.15) is 0 Å². The normalized spacial score (nSPS) is 24.9. The maximum absolute atomic E-state index is 11.8. The molecule has 2 heterocycles. The van der Waals surface area contributed by atoms with Crippen LogP contribution in [0.2, 0.25) is 0 Å². The third-order valence-corrected chi connectivity index (χ3v) is 2.81. The van der Waals surface area contributed by atoms with Gasteiger partial charge >= 0.3 is 5.97 Å². The van der Waals surface area contributed by atoms with Gasteiger partial charge in [-0.15, -0.1) is 0 Å². The minimum atomic E-state index is -0.818. The molecule has 82 valence electrons. The minimum Gasteiger partial charge on any atom is -0.500 e. The minimum absolute atomic E-state index is 0.0729. The Kier molecular flexibility index (Phi) is 2.62. The monoisotopic (exact) mass is 211 g/mol. The summed E-state index contributed by atoms with van der Waals surface area (Å²) in [5.41, 5.74) is 0.654.